The fraction of sp³-hybridized carbons (Fsp3) is 0.190. The molecule has 0 saturated carbocycles. The Morgan fingerprint density at radius 2 is 1.84 bits per heavy atom. The second kappa shape index (κ2) is 6.14. The molecule has 2 aliphatic heterocycles. The van der Waals surface area contributed by atoms with Crippen LogP contribution in [-0.4, -0.2) is 31.7 Å². The van der Waals surface area contributed by atoms with Crippen molar-refractivity contribution < 1.29 is 9.47 Å². The van der Waals surface area contributed by atoms with Gasteiger partial charge in [-0.05, 0) is 31.5 Å². The Bertz CT molecular complexity index is 1520. The first kappa shape index (κ1) is 17.6. The zero-order valence-electron chi connectivity index (χ0n) is 16.6. The number of rotatable bonds is 1. The highest BCUT2D eigenvalue weighted by Gasteiger charge is 2.35. The lowest BCUT2D eigenvalue weighted by atomic mass is 9.82. The van der Waals surface area contributed by atoms with Gasteiger partial charge >= 0.3 is 5.69 Å². The Morgan fingerprint density at radius 1 is 1.00 bits per heavy atom. The predicted molar refractivity (Wildman–Crippen MR) is 111 cm³/mol. The standard InChI is InChI=1S/C21H16N6O4/c1-8-13-9(2)24-18-15(17(13)23-6-22-8)14(10-3-4-11-12(5-10)31-7-30-11)16-19(25-18)26-21(29)27-20(16)28/h3-6,14H,7H2,1-2H3,(H3,24,25,26,27,28,29). The Labute approximate surface area is 174 Å². The van der Waals surface area contributed by atoms with Crippen LogP contribution < -0.4 is 26.0 Å². The molecule has 10 heteroatoms. The molecule has 1 unspecified atom stereocenters. The van der Waals surface area contributed by atoms with Gasteiger partial charge in [0.05, 0.1) is 22.5 Å². The van der Waals surface area contributed by atoms with E-state index in [1.54, 1.807) is 0 Å². The minimum atomic E-state index is -0.597. The number of aromatic nitrogens is 5. The van der Waals surface area contributed by atoms with E-state index in [1.807, 2.05) is 32.0 Å². The second-order valence-corrected chi connectivity index (χ2v) is 7.51. The molecule has 5 heterocycles. The van der Waals surface area contributed by atoms with Gasteiger partial charge < -0.3 is 14.8 Å². The van der Waals surface area contributed by atoms with Crippen molar-refractivity contribution in [1.29, 1.82) is 0 Å². The molecule has 0 radical (unpaired) electrons. The first-order valence-corrected chi connectivity index (χ1v) is 9.66. The van der Waals surface area contributed by atoms with E-state index in [-0.39, 0.29) is 6.79 Å². The summed E-state index contributed by atoms with van der Waals surface area (Å²) in [6.07, 6.45) is 1.50. The van der Waals surface area contributed by atoms with Crippen LogP contribution in [0.3, 0.4) is 0 Å². The number of fused-ring (bicyclic) bond motifs is 5. The van der Waals surface area contributed by atoms with Crippen LogP contribution in [0.15, 0.2) is 34.1 Å². The number of hydrogen-bond acceptors (Lipinski definition) is 8. The topological polar surface area (TPSA) is 135 Å². The van der Waals surface area contributed by atoms with E-state index < -0.39 is 17.2 Å². The van der Waals surface area contributed by atoms with Gasteiger partial charge in [-0.25, -0.2) is 19.7 Å². The van der Waals surface area contributed by atoms with E-state index in [0.717, 1.165) is 27.9 Å². The molecule has 0 bridgehead atoms. The number of nitrogens with one attached hydrogen (secondary N) is 3. The van der Waals surface area contributed by atoms with E-state index in [4.69, 9.17) is 14.5 Å². The number of pyridine rings is 1. The Kier molecular flexibility index (Phi) is 3.49. The molecule has 0 fully saturated rings. The molecule has 3 aromatic heterocycles. The molecule has 0 aliphatic carbocycles. The van der Waals surface area contributed by atoms with Crippen LogP contribution in [0.2, 0.25) is 0 Å². The van der Waals surface area contributed by atoms with Crippen LogP contribution in [0.1, 0.15) is 34.0 Å². The molecule has 154 valence electrons. The van der Waals surface area contributed by atoms with Crippen LogP contribution in [0.25, 0.3) is 10.9 Å². The monoisotopic (exact) mass is 416 g/mol. The lowest BCUT2D eigenvalue weighted by molar-refractivity contribution is 0.174. The summed E-state index contributed by atoms with van der Waals surface area (Å²) in [5, 5.41) is 3.96. The van der Waals surface area contributed by atoms with Crippen molar-refractivity contribution in [2.24, 2.45) is 0 Å². The minimum Gasteiger partial charge on any atom is -0.454 e. The molecule has 31 heavy (non-hydrogen) atoms. The van der Waals surface area contributed by atoms with E-state index in [2.05, 4.69) is 25.3 Å². The predicted octanol–water partition coefficient (Wildman–Crippen LogP) is 1.98. The van der Waals surface area contributed by atoms with Crippen molar-refractivity contribution in [3.63, 3.8) is 0 Å². The summed E-state index contributed by atoms with van der Waals surface area (Å²) >= 11 is 0. The normalized spacial score (nSPS) is 16.0. The first-order chi connectivity index (χ1) is 15.0. The van der Waals surface area contributed by atoms with Gasteiger partial charge in [0.1, 0.15) is 18.0 Å². The summed E-state index contributed by atoms with van der Waals surface area (Å²) in [7, 11) is 0. The lowest BCUT2D eigenvalue weighted by Gasteiger charge is -2.29. The van der Waals surface area contributed by atoms with Gasteiger partial charge in [0.2, 0.25) is 6.79 Å². The number of aromatic amines is 2. The molecule has 0 spiro atoms. The van der Waals surface area contributed by atoms with Crippen molar-refractivity contribution in [3.05, 3.63) is 73.4 Å². The summed E-state index contributed by atoms with van der Waals surface area (Å²) in [6, 6.07) is 5.53. The van der Waals surface area contributed by atoms with Gasteiger partial charge in [0, 0.05) is 16.9 Å². The molecular formula is C21H16N6O4. The Hall–Kier alpha value is -4.21. The van der Waals surface area contributed by atoms with Crippen LogP contribution >= 0.6 is 0 Å². The van der Waals surface area contributed by atoms with Crippen LogP contribution in [0.5, 0.6) is 11.5 Å². The van der Waals surface area contributed by atoms with Crippen molar-refractivity contribution in [2.45, 2.75) is 19.8 Å². The van der Waals surface area contributed by atoms with E-state index in [0.29, 0.717) is 34.2 Å². The highest BCUT2D eigenvalue weighted by molar-refractivity contribution is 5.92. The lowest BCUT2D eigenvalue weighted by Crippen LogP contribution is -2.32. The molecule has 0 amide bonds. The molecule has 10 nitrogen and oxygen atoms in total. The average Bonchev–Trinajstić information content (AvgIpc) is 3.20. The van der Waals surface area contributed by atoms with Crippen LogP contribution in [0.4, 0.5) is 11.6 Å². The highest BCUT2D eigenvalue weighted by atomic mass is 16.7. The second-order valence-electron chi connectivity index (χ2n) is 7.51. The Balaban J connectivity index is 1.73. The van der Waals surface area contributed by atoms with E-state index in [1.165, 1.54) is 6.33 Å². The van der Waals surface area contributed by atoms with Gasteiger partial charge in [0.15, 0.2) is 11.5 Å². The third-order valence-corrected chi connectivity index (χ3v) is 5.72. The van der Waals surface area contributed by atoms with Gasteiger partial charge in [0.25, 0.3) is 5.56 Å². The summed E-state index contributed by atoms with van der Waals surface area (Å²) < 4.78 is 11.0. The van der Waals surface area contributed by atoms with Crippen LogP contribution in [0, 0.1) is 13.8 Å². The van der Waals surface area contributed by atoms with Gasteiger partial charge in [-0.3, -0.25) is 14.8 Å². The number of anilines is 2. The van der Waals surface area contributed by atoms with Gasteiger partial charge in [-0.15, -0.1) is 0 Å². The molecular weight excluding hydrogens is 400 g/mol. The van der Waals surface area contributed by atoms with Crippen molar-refractivity contribution >= 4 is 22.5 Å². The largest absolute Gasteiger partial charge is 0.454 e. The van der Waals surface area contributed by atoms with E-state index >= 15 is 0 Å². The minimum absolute atomic E-state index is 0.141. The maximum absolute atomic E-state index is 13.0. The van der Waals surface area contributed by atoms with Crippen molar-refractivity contribution in [1.82, 2.24) is 24.9 Å². The van der Waals surface area contributed by atoms with Crippen LogP contribution in [-0.2, 0) is 0 Å². The van der Waals surface area contributed by atoms with Gasteiger partial charge in [-0.2, -0.15) is 0 Å². The number of ether oxygens (including phenoxy) is 2. The van der Waals surface area contributed by atoms with E-state index in [9.17, 15) is 9.59 Å². The summed E-state index contributed by atoms with van der Waals surface area (Å²) in [6.45, 7) is 3.92. The molecule has 2 aliphatic rings. The SMILES string of the molecule is Cc1ncnc2c3c(nc(C)c12)Nc1[nH]c(=O)[nH]c(=O)c1C3c1ccc2c(c1)OCO2. The zero-order valence-corrected chi connectivity index (χ0v) is 16.6. The third kappa shape index (κ3) is 2.48. The number of benzene rings is 1. The van der Waals surface area contributed by atoms with Crippen molar-refractivity contribution in [2.75, 3.05) is 12.1 Å². The zero-order chi connectivity index (χ0) is 21.3. The number of H-pyrrole nitrogens is 2. The molecule has 6 rings (SSSR count). The molecule has 1 aromatic carbocycles. The molecule has 3 N–H and O–H groups in total. The molecule has 1 atom stereocenters. The molecule has 4 aromatic rings. The quantitative estimate of drug-likeness (QED) is 0.378. The molecule has 0 saturated heterocycles. The highest BCUT2D eigenvalue weighted by Crippen LogP contribution is 2.46. The average molecular weight is 416 g/mol. The maximum atomic E-state index is 13.0. The third-order valence-electron chi connectivity index (χ3n) is 5.72. The smallest absolute Gasteiger partial charge is 0.327 e. The van der Waals surface area contributed by atoms with Crippen molar-refractivity contribution in [3.8, 4) is 11.5 Å². The first-order valence-electron chi connectivity index (χ1n) is 9.66. The number of aryl methyl sites for hydroxylation is 2. The summed E-state index contributed by atoms with van der Waals surface area (Å²) in [5.74, 6) is 1.51. The summed E-state index contributed by atoms with van der Waals surface area (Å²) in [4.78, 5) is 43.5. The number of nitrogens with zero attached hydrogens (tertiary/aromatic N) is 3. The number of hydrogen-bond donors (Lipinski definition) is 3. The van der Waals surface area contributed by atoms with Gasteiger partial charge in [-0.1, -0.05) is 6.07 Å². The Morgan fingerprint density at radius 3 is 2.71 bits per heavy atom. The maximum Gasteiger partial charge on any atom is 0.327 e. The fourth-order valence-corrected chi connectivity index (χ4v) is 4.43. The summed E-state index contributed by atoms with van der Waals surface area (Å²) in [5.41, 5.74) is 3.04. The fourth-order valence-electron chi connectivity index (χ4n) is 4.43.